The Bertz CT molecular complexity index is 552. The van der Waals surface area contributed by atoms with E-state index in [1.807, 2.05) is 32.0 Å². The topological polar surface area (TPSA) is 70.5 Å². The fourth-order valence-corrected chi connectivity index (χ4v) is 3.17. The predicted molar refractivity (Wildman–Crippen MR) is 87.9 cm³/mol. The molecule has 7 nitrogen and oxygen atoms in total. The summed E-state index contributed by atoms with van der Waals surface area (Å²) in [5.74, 6) is -0.139. The van der Waals surface area contributed by atoms with Crippen molar-refractivity contribution in [1.29, 1.82) is 0 Å². The van der Waals surface area contributed by atoms with Gasteiger partial charge in [0.25, 0.3) is 0 Å². The summed E-state index contributed by atoms with van der Waals surface area (Å²) in [6, 6.07) is 0. The summed E-state index contributed by atoms with van der Waals surface area (Å²) in [7, 11) is 3.50. The first-order valence-corrected chi connectivity index (χ1v) is 8.20. The molecule has 0 bridgehead atoms. The maximum absolute atomic E-state index is 12.5. The summed E-state index contributed by atoms with van der Waals surface area (Å²) in [6.45, 7) is 7.25. The molecule has 1 fully saturated rings. The van der Waals surface area contributed by atoms with Crippen molar-refractivity contribution in [2.45, 2.75) is 19.8 Å². The number of amides is 2. The Morgan fingerprint density at radius 3 is 2.57 bits per heavy atom. The Morgan fingerprint density at radius 1 is 1.35 bits per heavy atom. The van der Waals surface area contributed by atoms with Gasteiger partial charge in [-0.05, 0) is 18.7 Å². The van der Waals surface area contributed by atoms with Crippen molar-refractivity contribution < 1.29 is 9.59 Å². The molecule has 1 saturated heterocycles. The molecule has 1 aromatic rings. The van der Waals surface area contributed by atoms with Gasteiger partial charge in [0.05, 0.1) is 18.7 Å². The largest absolute Gasteiger partial charge is 0.359 e. The van der Waals surface area contributed by atoms with E-state index >= 15 is 0 Å². The monoisotopic (exact) mass is 321 g/mol. The zero-order chi connectivity index (χ0) is 17.0. The van der Waals surface area contributed by atoms with E-state index in [0.717, 1.165) is 18.7 Å². The number of aromatic nitrogens is 2. The summed E-state index contributed by atoms with van der Waals surface area (Å²) < 4.78 is 1.73. The smallest absolute Gasteiger partial charge is 0.236 e. The molecule has 1 aromatic heterocycles. The minimum absolute atomic E-state index is 0.00398. The molecule has 128 valence electrons. The quantitative estimate of drug-likeness (QED) is 0.804. The average molecular weight is 321 g/mol. The summed E-state index contributed by atoms with van der Waals surface area (Å²) >= 11 is 0. The number of likely N-dealkylation sites (N-methyl/N-ethyl adjacent to an activating group) is 1. The second-order valence-electron chi connectivity index (χ2n) is 6.03. The lowest BCUT2D eigenvalue weighted by Crippen LogP contribution is -2.40. The summed E-state index contributed by atoms with van der Waals surface area (Å²) in [5.41, 5.74) is 1.01. The molecule has 7 heteroatoms. The van der Waals surface area contributed by atoms with E-state index in [1.54, 1.807) is 17.9 Å². The first-order chi connectivity index (χ1) is 11.0. The van der Waals surface area contributed by atoms with Gasteiger partial charge in [0, 0.05) is 39.3 Å². The van der Waals surface area contributed by atoms with Crippen LogP contribution < -0.4 is 5.32 Å². The van der Waals surface area contributed by atoms with Gasteiger partial charge in [0.1, 0.15) is 0 Å². The molecule has 1 aliphatic heterocycles. The molecule has 0 radical (unpaired) electrons. The van der Waals surface area contributed by atoms with Crippen molar-refractivity contribution in [3.8, 4) is 0 Å². The van der Waals surface area contributed by atoms with E-state index in [1.165, 1.54) is 0 Å². The zero-order valence-electron chi connectivity index (χ0n) is 14.5. The molecular formula is C16H27N5O2. The van der Waals surface area contributed by atoms with Crippen molar-refractivity contribution in [3.63, 3.8) is 0 Å². The van der Waals surface area contributed by atoms with E-state index in [2.05, 4.69) is 15.3 Å². The minimum Gasteiger partial charge on any atom is -0.359 e. The van der Waals surface area contributed by atoms with Crippen LogP contribution in [0.25, 0.3) is 0 Å². The van der Waals surface area contributed by atoms with Crippen LogP contribution >= 0.6 is 0 Å². The van der Waals surface area contributed by atoms with Gasteiger partial charge >= 0.3 is 0 Å². The highest BCUT2D eigenvalue weighted by molar-refractivity contribution is 5.83. The predicted octanol–water partition coefficient (Wildman–Crippen LogP) is 0.0499. The number of aryl methyl sites for hydroxylation is 1. The van der Waals surface area contributed by atoms with Crippen molar-refractivity contribution in [2.24, 2.45) is 13.0 Å². The van der Waals surface area contributed by atoms with Crippen molar-refractivity contribution in [3.05, 3.63) is 18.0 Å². The molecule has 2 heterocycles. The average Bonchev–Trinajstić information content (AvgIpc) is 3.17. The second-order valence-corrected chi connectivity index (χ2v) is 6.03. The molecule has 2 rings (SSSR count). The van der Waals surface area contributed by atoms with Crippen molar-refractivity contribution >= 4 is 11.8 Å². The minimum atomic E-state index is -0.218. The molecule has 2 atom stereocenters. The Kier molecular flexibility index (Phi) is 5.76. The number of hydrogen-bond donors (Lipinski definition) is 1. The van der Waals surface area contributed by atoms with Gasteiger partial charge in [-0.3, -0.25) is 19.2 Å². The maximum Gasteiger partial charge on any atom is 0.236 e. The molecule has 1 N–H and O–H groups in total. The second kappa shape index (κ2) is 7.59. The maximum atomic E-state index is 12.5. The summed E-state index contributed by atoms with van der Waals surface area (Å²) in [5, 5.41) is 6.92. The molecule has 0 aromatic carbocycles. The van der Waals surface area contributed by atoms with Crippen LogP contribution in [0, 0.1) is 5.92 Å². The Morgan fingerprint density at radius 2 is 2.04 bits per heavy atom. The van der Waals surface area contributed by atoms with E-state index < -0.39 is 0 Å². The first kappa shape index (κ1) is 17.5. The fourth-order valence-electron chi connectivity index (χ4n) is 3.17. The molecule has 2 amide bonds. The number of carbonyl (C=O) groups is 2. The Balaban J connectivity index is 2.13. The van der Waals surface area contributed by atoms with Crippen LogP contribution in [0.5, 0.6) is 0 Å². The molecule has 1 aliphatic rings. The molecule has 0 unspecified atom stereocenters. The number of hydrogen-bond acceptors (Lipinski definition) is 4. The standard InChI is InChI=1S/C16H27N5O2/c1-5-20(6-2)11-15(22)21-9-13(12-7-18-19(4)8-12)14(10-21)16(23)17-3/h7-8,13-14H,5-6,9-11H2,1-4H3,(H,17,23)/t13-,14+/m1/s1. The highest BCUT2D eigenvalue weighted by Crippen LogP contribution is 2.32. The molecule has 0 aliphatic carbocycles. The van der Waals surface area contributed by atoms with Crippen molar-refractivity contribution in [1.82, 2.24) is 24.9 Å². The van der Waals surface area contributed by atoms with E-state index in [9.17, 15) is 9.59 Å². The van der Waals surface area contributed by atoms with Gasteiger partial charge in [-0.25, -0.2) is 0 Å². The number of nitrogens with zero attached hydrogens (tertiary/aromatic N) is 4. The summed E-state index contributed by atoms with van der Waals surface area (Å²) in [6.07, 6.45) is 3.72. The Labute approximate surface area is 137 Å². The van der Waals surface area contributed by atoms with Crippen LogP contribution in [0.1, 0.15) is 25.3 Å². The van der Waals surface area contributed by atoms with Gasteiger partial charge < -0.3 is 10.2 Å². The fraction of sp³-hybridized carbons (Fsp3) is 0.688. The van der Waals surface area contributed by atoms with E-state index in [-0.39, 0.29) is 23.7 Å². The lowest BCUT2D eigenvalue weighted by Gasteiger charge is -2.22. The van der Waals surface area contributed by atoms with Crippen LogP contribution in [0.3, 0.4) is 0 Å². The number of carbonyl (C=O) groups excluding carboxylic acids is 2. The van der Waals surface area contributed by atoms with Crippen molar-refractivity contribution in [2.75, 3.05) is 39.8 Å². The van der Waals surface area contributed by atoms with Crippen LogP contribution in [0.4, 0.5) is 0 Å². The van der Waals surface area contributed by atoms with Crippen LogP contribution in [-0.2, 0) is 16.6 Å². The van der Waals surface area contributed by atoms with Crippen LogP contribution in [0.2, 0.25) is 0 Å². The highest BCUT2D eigenvalue weighted by Gasteiger charge is 2.40. The SMILES string of the molecule is CCN(CC)CC(=O)N1C[C@H](C(=O)NC)[C@@H](c2cnn(C)c2)C1. The summed E-state index contributed by atoms with van der Waals surface area (Å²) in [4.78, 5) is 28.7. The number of nitrogens with one attached hydrogen (secondary N) is 1. The molecule has 23 heavy (non-hydrogen) atoms. The van der Waals surface area contributed by atoms with Crippen LogP contribution in [-0.4, -0.2) is 71.2 Å². The number of rotatable bonds is 6. The Hall–Kier alpha value is -1.89. The van der Waals surface area contributed by atoms with E-state index in [0.29, 0.717) is 19.6 Å². The third kappa shape index (κ3) is 3.90. The normalized spacial score (nSPS) is 21.0. The first-order valence-electron chi connectivity index (χ1n) is 8.20. The molecular weight excluding hydrogens is 294 g/mol. The molecule has 0 spiro atoms. The third-order valence-corrected chi connectivity index (χ3v) is 4.66. The highest BCUT2D eigenvalue weighted by atomic mass is 16.2. The number of likely N-dealkylation sites (tertiary alicyclic amines) is 1. The lowest BCUT2D eigenvalue weighted by molar-refractivity contribution is -0.131. The van der Waals surface area contributed by atoms with Gasteiger partial charge in [-0.15, -0.1) is 0 Å². The van der Waals surface area contributed by atoms with Gasteiger partial charge in [-0.2, -0.15) is 5.10 Å². The lowest BCUT2D eigenvalue weighted by atomic mass is 9.90. The third-order valence-electron chi connectivity index (χ3n) is 4.66. The van der Waals surface area contributed by atoms with E-state index in [4.69, 9.17) is 0 Å². The van der Waals surface area contributed by atoms with Gasteiger partial charge in [-0.1, -0.05) is 13.8 Å². The molecule has 0 saturated carbocycles. The zero-order valence-corrected chi connectivity index (χ0v) is 14.5. The van der Waals surface area contributed by atoms with Gasteiger partial charge in [0.15, 0.2) is 0 Å². The van der Waals surface area contributed by atoms with Crippen LogP contribution in [0.15, 0.2) is 12.4 Å². The van der Waals surface area contributed by atoms with Gasteiger partial charge in [0.2, 0.25) is 11.8 Å².